The van der Waals surface area contributed by atoms with Gasteiger partial charge in [0.25, 0.3) is 0 Å². The summed E-state index contributed by atoms with van der Waals surface area (Å²) < 4.78 is 0.888. The fourth-order valence-corrected chi connectivity index (χ4v) is 3.78. The van der Waals surface area contributed by atoms with Gasteiger partial charge < -0.3 is 10.6 Å². The number of carbonyl (C=O) groups is 1. The van der Waals surface area contributed by atoms with Gasteiger partial charge in [-0.3, -0.25) is 4.79 Å². The molecule has 2 N–H and O–H groups in total. The second-order valence-electron chi connectivity index (χ2n) is 4.95. The summed E-state index contributed by atoms with van der Waals surface area (Å²) in [6.07, 6.45) is 2.85. The number of aromatic nitrogens is 2. The molecule has 0 saturated heterocycles. The Morgan fingerprint density at radius 2 is 2.27 bits per heavy atom. The van der Waals surface area contributed by atoms with Gasteiger partial charge in [0.1, 0.15) is 0 Å². The van der Waals surface area contributed by atoms with Crippen LogP contribution in [0, 0.1) is 0 Å². The van der Waals surface area contributed by atoms with Gasteiger partial charge in [-0.1, -0.05) is 40.8 Å². The maximum absolute atomic E-state index is 11.9. The Morgan fingerprint density at radius 1 is 1.41 bits per heavy atom. The Hall–Kier alpha value is -1.31. The van der Waals surface area contributed by atoms with Crippen LogP contribution >= 0.6 is 34.7 Å². The van der Waals surface area contributed by atoms with E-state index < -0.39 is 0 Å². The summed E-state index contributed by atoms with van der Waals surface area (Å²) in [6, 6.07) is 7.71. The third-order valence-corrected chi connectivity index (χ3v) is 5.20. The number of benzene rings is 1. The first kappa shape index (κ1) is 15.6. The molecule has 116 valence electrons. The second-order valence-corrected chi connectivity index (χ2v) is 7.70. The molecule has 2 aromatic rings. The van der Waals surface area contributed by atoms with Crippen LogP contribution < -0.4 is 10.6 Å². The molecular weight excluding hydrogens is 340 g/mol. The van der Waals surface area contributed by atoms with Crippen LogP contribution in [0.3, 0.4) is 0 Å². The van der Waals surface area contributed by atoms with Crippen molar-refractivity contribution < 1.29 is 4.79 Å². The van der Waals surface area contributed by atoms with E-state index in [-0.39, 0.29) is 5.91 Å². The molecule has 0 atom stereocenters. The van der Waals surface area contributed by atoms with E-state index in [2.05, 4.69) is 20.8 Å². The highest BCUT2D eigenvalue weighted by atomic mass is 35.5. The summed E-state index contributed by atoms with van der Waals surface area (Å²) in [5.74, 6) is 0.639. The molecule has 1 aliphatic carbocycles. The van der Waals surface area contributed by atoms with Gasteiger partial charge in [0.05, 0.1) is 0 Å². The number of halogens is 1. The van der Waals surface area contributed by atoms with Gasteiger partial charge in [0.15, 0.2) is 4.34 Å². The molecular formula is C14H15ClN4OS2. The third kappa shape index (κ3) is 4.86. The van der Waals surface area contributed by atoms with Crippen molar-refractivity contribution in [1.29, 1.82) is 0 Å². The molecule has 0 unspecified atom stereocenters. The standard InChI is InChI=1S/C14H15ClN4OS2/c15-9-2-1-3-11(8-9)16-12(20)6-7-21-14-19-18-13(22-14)17-10-4-5-10/h1-3,8,10H,4-7H2,(H,16,20)(H,17,18). The molecule has 1 aromatic heterocycles. The van der Waals surface area contributed by atoms with Crippen LogP contribution in [-0.2, 0) is 4.79 Å². The van der Waals surface area contributed by atoms with E-state index in [1.807, 2.05) is 12.1 Å². The summed E-state index contributed by atoms with van der Waals surface area (Å²) >= 11 is 8.97. The van der Waals surface area contributed by atoms with Crippen molar-refractivity contribution in [3.8, 4) is 0 Å². The number of anilines is 2. The molecule has 0 radical (unpaired) electrons. The largest absolute Gasteiger partial charge is 0.357 e. The van der Waals surface area contributed by atoms with Crippen molar-refractivity contribution in [3.05, 3.63) is 29.3 Å². The first-order valence-corrected chi connectivity index (χ1v) is 9.15. The highest BCUT2D eigenvalue weighted by Crippen LogP contribution is 2.30. The molecule has 22 heavy (non-hydrogen) atoms. The minimum Gasteiger partial charge on any atom is -0.357 e. The van der Waals surface area contributed by atoms with Crippen LogP contribution in [0.5, 0.6) is 0 Å². The number of thioether (sulfide) groups is 1. The van der Waals surface area contributed by atoms with Gasteiger partial charge in [-0.15, -0.1) is 10.2 Å². The van der Waals surface area contributed by atoms with Crippen LogP contribution in [0.25, 0.3) is 0 Å². The van der Waals surface area contributed by atoms with Crippen LogP contribution in [-0.4, -0.2) is 27.9 Å². The molecule has 1 aliphatic rings. The molecule has 1 saturated carbocycles. The summed E-state index contributed by atoms with van der Waals surface area (Å²) in [6.45, 7) is 0. The third-order valence-electron chi connectivity index (χ3n) is 2.97. The van der Waals surface area contributed by atoms with E-state index >= 15 is 0 Å². The normalized spacial score (nSPS) is 13.9. The molecule has 0 bridgehead atoms. The second kappa shape index (κ2) is 7.30. The molecule has 5 nitrogen and oxygen atoms in total. The number of carbonyl (C=O) groups excluding carboxylic acids is 1. The zero-order valence-corrected chi connectivity index (χ0v) is 14.1. The first-order chi connectivity index (χ1) is 10.7. The van der Waals surface area contributed by atoms with E-state index in [0.717, 1.165) is 9.47 Å². The van der Waals surface area contributed by atoms with Gasteiger partial charge >= 0.3 is 0 Å². The molecule has 1 heterocycles. The van der Waals surface area contributed by atoms with Crippen molar-refractivity contribution in [2.24, 2.45) is 0 Å². The van der Waals surface area contributed by atoms with E-state index in [0.29, 0.717) is 28.9 Å². The summed E-state index contributed by atoms with van der Waals surface area (Å²) in [5, 5.41) is 15.8. The van der Waals surface area contributed by atoms with E-state index in [4.69, 9.17) is 11.6 Å². The number of nitrogens with one attached hydrogen (secondary N) is 2. The minimum atomic E-state index is -0.0318. The van der Waals surface area contributed by atoms with Crippen molar-refractivity contribution in [2.45, 2.75) is 29.6 Å². The highest BCUT2D eigenvalue weighted by molar-refractivity contribution is 8.01. The van der Waals surface area contributed by atoms with Crippen LogP contribution in [0.15, 0.2) is 28.6 Å². The Kier molecular flexibility index (Phi) is 5.17. The summed E-state index contributed by atoms with van der Waals surface area (Å²) in [7, 11) is 0. The zero-order valence-electron chi connectivity index (χ0n) is 11.7. The van der Waals surface area contributed by atoms with Gasteiger partial charge in [0.2, 0.25) is 11.0 Å². The fourth-order valence-electron chi connectivity index (χ4n) is 1.75. The number of hydrogen-bond donors (Lipinski definition) is 2. The van der Waals surface area contributed by atoms with Gasteiger partial charge in [-0.05, 0) is 31.0 Å². The van der Waals surface area contributed by atoms with Crippen LogP contribution in [0.1, 0.15) is 19.3 Å². The molecule has 1 amide bonds. The zero-order chi connectivity index (χ0) is 15.4. The minimum absolute atomic E-state index is 0.0318. The predicted octanol–water partition coefficient (Wildman–Crippen LogP) is 3.89. The smallest absolute Gasteiger partial charge is 0.225 e. The van der Waals surface area contributed by atoms with Gasteiger partial charge in [-0.25, -0.2) is 0 Å². The van der Waals surface area contributed by atoms with Gasteiger partial charge in [0, 0.05) is 28.9 Å². The predicted molar refractivity (Wildman–Crippen MR) is 92.0 cm³/mol. The topological polar surface area (TPSA) is 66.9 Å². The van der Waals surface area contributed by atoms with Crippen LogP contribution in [0.4, 0.5) is 10.8 Å². The average Bonchev–Trinajstić information content (AvgIpc) is 3.17. The first-order valence-electron chi connectivity index (χ1n) is 6.97. The number of hydrogen-bond acceptors (Lipinski definition) is 6. The number of amides is 1. The monoisotopic (exact) mass is 354 g/mol. The lowest BCUT2D eigenvalue weighted by molar-refractivity contribution is -0.115. The maximum Gasteiger partial charge on any atom is 0.225 e. The summed E-state index contributed by atoms with van der Waals surface area (Å²) in [5.41, 5.74) is 0.717. The summed E-state index contributed by atoms with van der Waals surface area (Å²) in [4.78, 5) is 11.9. The van der Waals surface area contributed by atoms with Gasteiger partial charge in [-0.2, -0.15) is 0 Å². The molecule has 0 aliphatic heterocycles. The Morgan fingerprint density at radius 3 is 3.05 bits per heavy atom. The Labute approximate surface area is 141 Å². The van der Waals surface area contributed by atoms with E-state index in [9.17, 15) is 4.79 Å². The van der Waals surface area contributed by atoms with Crippen molar-refractivity contribution in [3.63, 3.8) is 0 Å². The van der Waals surface area contributed by atoms with Crippen molar-refractivity contribution in [2.75, 3.05) is 16.4 Å². The molecule has 1 fully saturated rings. The SMILES string of the molecule is O=C(CCSc1nnc(NC2CC2)s1)Nc1cccc(Cl)c1. The molecule has 3 rings (SSSR count). The van der Waals surface area contributed by atoms with Crippen molar-refractivity contribution in [1.82, 2.24) is 10.2 Å². The fraction of sp³-hybridized carbons (Fsp3) is 0.357. The average molecular weight is 355 g/mol. The molecule has 8 heteroatoms. The quantitative estimate of drug-likeness (QED) is 0.738. The van der Waals surface area contributed by atoms with E-state index in [1.54, 1.807) is 23.9 Å². The number of rotatable bonds is 7. The molecule has 1 aromatic carbocycles. The highest BCUT2D eigenvalue weighted by Gasteiger charge is 2.22. The van der Waals surface area contributed by atoms with Crippen LogP contribution in [0.2, 0.25) is 5.02 Å². The van der Waals surface area contributed by atoms with Crippen molar-refractivity contribution >= 4 is 51.4 Å². The number of nitrogens with zero attached hydrogens (tertiary/aromatic N) is 2. The maximum atomic E-state index is 11.9. The Bertz CT molecular complexity index is 660. The lowest BCUT2D eigenvalue weighted by Crippen LogP contribution is -2.11. The molecule has 0 spiro atoms. The lowest BCUT2D eigenvalue weighted by Gasteiger charge is -2.04. The lowest BCUT2D eigenvalue weighted by atomic mass is 10.3. The Balaban J connectivity index is 1.40. The van der Waals surface area contributed by atoms with E-state index in [1.165, 1.54) is 24.2 Å².